The predicted octanol–water partition coefficient (Wildman–Crippen LogP) is 1.66. The van der Waals surface area contributed by atoms with Crippen LogP contribution >= 0.6 is 0 Å². The molecule has 0 fully saturated rings. The predicted molar refractivity (Wildman–Crippen MR) is 68.1 cm³/mol. The highest BCUT2D eigenvalue weighted by atomic mass is 32.2. The zero-order valence-electron chi connectivity index (χ0n) is 9.91. The van der Waals surface area contributed by atoms with Crippen LogP contribution in [-0.4, -0.2) is 23.4 Å². The topological polar surface area (TPSA) is 101 Å². The van der Waals surface area contributed by atoms with E-state index in [0.29, 0.717) is 22.7 Å². The van der Waals surface area contributed by atoms with Crippen LogP contribution in [0.3, 0.4) is 0 Å². The Kier molecular flexibility index (Phi) is 2.53. The van der Waals surface area contributed by atoms with Gasteiger partial charge in [0.1, 0.15) is 5.52 Å². The van der Waals surface area contributed by atoms with Crippen LogP contribution in [0.5, 0.6) is 0 Å². The summed E-state index contributed by atoms with van der Waals surface area (Å²) >= 11 is 0. The number of rotatable bonds is 3. The summed E-state index contributed by atoms with van der Waals surface area (Å²) in [5.41, 5.74) is 1.62. The second kappa shape index (κ2) is 4.09. The zero-order chi connectivity index (χ0) is 13.5. The van der Waals surface area contributed by atoms with Gasteiger partial charge in [-0.1, -0.05) is 0 Å². The van der Waals surface area contributed by atoms with Gasteiger partial charge in [0.05, 0.1) is 18.2 Å². The number of imidazole rings is 1. The molecule has 0 aliphatic carbocycles. The van der Waals surface area contributed by atoms with E-state index in [1.54, 1.807) is 25.1 Å². The molecule has 7 nitrogen and oxygen atoms in total. The van der Waals surface area contributed by atoms with E-state index in [-0.39, 0.29) is 5.03 Å². The smallest absolute Gasteiger partial charge is 0.278 e. The Morgan fingerprint density at radius 1 is 1.37 bits per heavy atom. The molecule has 0 saturated heterocycles. The summed E-state index contributed by atoms with van der Waals surface area (Å²) in [6.45, 7) is 1.73. The van der Waals surface area contributed by atoms with Crippen molar-refractivity contribution in [2.75, 3.05) is 4.72 Å². The van der Waals surface area contributed by atoms with Crippen molar-refractivity contribution >= 4 is 26.8 Å². The van der Waals surface area contributed by atoms with E-state index >= 15 is 0 Å². The Morgan fingerprint density at radius 3 is 2.95 bits per heavy atom. The van der Waals surface area contributed by atoms with Crippen molar-refractivity contribution in [1.29, 1.82) is 0 Å². The number of aryl methyl sites for hydroxylation is 1. The second-order valence-corrected chi connectivity index (χ2v) is 5.59. The number of aromatic amines is 1. The molecular weight excluding hydrogens is 268 g/mol. The molecule has 1 aromatic carbocycles. The lowest BCUT2D eigenvalue weighted by molar-refractivity contribution is 0.561. The molecule has 0 radical (unpaired) electrons. The number of benzene rings is 1. The van der Waals surface area contributed by atoms with Gasteiger partial charge in [0.15, 0.2) is 16.5 Å². The van der Waals surface area contributed by atoms with Gasteiger partial charge < -0.3 is 9.40 Å². The van der Waals surface area contributed by atoms with Gasteiger partial charge in [-0.05, 0) is 18.2 Å². The van der Waals surface area contributed by atoms with Crippen molar-refractivity contribution in [3.05, 3.63) is 36.6 Å². The number of fused-ring (bicyclic) bond motifs is 1. The summed E-state index contributed by atoms with van der Waals surface area (Å²) in [6.07, 6.45) is 2.54. The number of nitrogens with one attached hydrogen (secondary N) is 2. The minimum atomic E-state index is -3.66. The Balaban J connectivity index is 1.97. The Bertz CT molecular complexity index is 821. The molecule has 0 amide bonds. The second-order valence-electron chi connectivity index (χ2n) is 3.94. The average Bonchev–Trinajstić information content (AvgIpc) is 2.95. The summed E-state index contributed by atoms with van der Waals surface area (Å²) in [4.78, 5) is 10.4. The molecule has 0 aliphatic rings. The lowest BCUT2D eigenvalue weighted by Gasteiger charge is -2.05. The third-order valence-electron chi connectivity index (χ3n) is 2.51. The van der Waals surface area contributed by atoms with Crippen LogP contribution in [0.4, 0.5) is 5.69 Å². The molecule has 19 heavy (non-hydrogen) atoms. The number of hydrogen-bond acceptors (Lipinski definition) is 5. The van der Waals surface area contributed by atoms with Crippen LogP contribution in [0.15, 0.2) is 40.2 Å². The largest absolute Gasteiger partial charge is 0.441 e. The number of H-pyrrole nitrogens is 1. The number of anilines is 1. The van der Waals surface area contributed by atoms with Gasteiger partial charge in [-0.25, -0.2) is 9.97 Å². The molecule has 0 aliphatic heterocycles. The van der Waals surface area contributed by atoms with Crippen molar-refractivity contribution in [3.8, 4) is 0 Å². The molecule has 0 unspecified atom stereocenters. The maximum atomic E-state index is 12.0. The van der Waals surface area contributed by atoms with Crippen molar-refractivity contribution < 1.29 is 12.8 Å². The molecule has 3 aromatic rings. The first-order chi connectivity index (χ1) is 9.04. The minimum absolute atomic E-state index is 0.00364. The lowest BCUT2D eigenvalue weighted by Crippen LogP contribution is -2.13. The summed E-state index contributed by atoms with van der Waals surface area (Å²) in [7, 11) is -3.66. The molecule has 98 valence electrons. The number of aromatic nitrogens is 3. The zero-order valence-corrected chi connectivity index (χ0v) is 10.7. The van der Waals surface area contributed by atoms with Gasteiger partial charge in [0.25, 0.3) is 10.0 Å². The van der Waals surface area contributed by atoms with Crippen molar-refractivity contribution in [1.82, 2.24) is 15.0 Å². The first-order valence-corrected chi connectivity index (χ1v) is 6.91. The highest BCUT2D eigenvalue weighted by Gasteiger charge is 2.16. The van der Waals surface area contributed by atoms with E-state index in [1.165, 1.54) is 12.5 Å². The van der Waals surface area contributed by atoms with Gasteiger partial charge in [0, 0.05) is 6.92 Å². The number of hydrogen-bond donors (Lipinski definition) is 2. The van der Waals surface area contributed by atoms with Crippen molar-refractivity contribution in [2.24, 2.45) is 0 Å². The molecule has 2 aromatic heterocycles. The van der Waals surface area contributed by atoms with Crippen LogP contribution < -0.4 is 4.72 Å². The molecule has 0 atom stereocenters. The number of nitrogens with zero attached hydrogens (tertiary/aromatic N) is 2. The van der Waals surface area contributed by atoms with Crippen molar-refractivity contribution in [3.63, 3.8) is 0 Å². The molecule has 0 saturated carbocycles. The van der Waals surface area contributed by atoms with Crippen LogP contribution in [0, 0.1) is 6.92 Å². The highest BCUT2D eigenvalue weighted by molar-refractivity contribution is 7.92. The summed E-state index contributed by atoms with van der Waals surface area (Å²) in [6, 6.07) is 4.89. The van der Waals surface area contributed by atoms with Gasteiger partial charge in [-0.3, -0.25) is 4.72 Å². The van der Waals surface area contributed by atoms with Gasteiger partial charge in [-0.2, -0.15) is 8.42 Å². The molecule has 2 heterocycles. The van der Waals surface area contributed by atoms with Gasteiger partial charge in [-0.15, -0.1) is 0 Å². The summed E-state index contributed by atoms with van der Waals surface area (Å²) in [5, 5.41) is 0.00364. The van der Waals surface area contributed by atoms with Gasteiger partial charge in [0.2, 0.25) is 0 Å². The first-order valence-electron chi connectivity index (χ1n) is 5.43. The molecule has 2 N–H and O–H groups in total. The Labute approximate surface area is 108 Å². The fourth-order valence-corrected chi connectivity index (χ4v) is 2.66. The van der Waals surface area contributed by atoms with Gasteiger partial charge >= 0.3 is 0 Å². The lowest BCUT2D eigenvalue weighted by atomic mass is 10.3. The average molecular weight is 278 g/mol. The quantitative estimate of drug-likeness (QED) is 0.758. The Hall–Kier alpha value is -2.35. The standard InChI is InChI=1S/C11H10N4O3S/c1-7-14-9-4-8(2-3-10(9)18-7)15-19(16,17)11-5-12-6-13-11/h2-6,15H,1H3,(H,12,13). The first kappa shape index (κ1) is 11.7. The van der Waals surface area contributed by atoms with E-state index in [9.17, 15) is 8.42 Å². The molecular formula is C11H10N4O3S. The third-order valence-corrected chi connectivity index (χ3v) is 3.82. The van der Waals surface area contributed by atoms with Crippen LogP contribution in [-0.2, 0) is 10.0 Å². The summed E-state index contributed by atoms with van der Waals surface area (Å²) < 4.78 is 31.7. The maximum Gasteiger partial charge on any atom is 0.278 e. The molecule has 0 spiro atoms. The van der Waals surface area contributed by atoms with Crippen molar-refractivity contribution in [2.45, 2.75) is 11.9 Å². The van der Waals surface area contributed by atoms with E-state index in [1.807, 2.05) is 0 Å². The fraction of sp³-hybridized carbons (Fsp3) is 0.0909. The van der Waals surface area contributed by atoms with E-state index in [4.69, 9.17) is 4.42 Å². The molecule has 0 bridgehead atoms. The fourth-order valence-electron chi connectivity index (χ4n) is 1.71. The number of sulfonamides is 1. The van der Waals surface area contributed by atoms with E-state index in [2.05, 4.69) is 19.7 Å². The maximum absolute atomic E-state index is 12.0. The SMILES string of the molecule is Cc1nc2cc(NS(=O)(=O)c3cnc[nH]3)ccc2o1. The number of oxazole rings is 1. The summed E-state index contributed by atoms with van der Waals surface area (Å²) in [5.74, 6) is 0.531. The molecule has 3 rings (SSSR count). The van der Waals surface area contributed by atoms with Crippen LogP contribution in [0.25, 0.3) is 11.1 Å². The van der Waals surface area contributed by atoms with Crippen LogP contribution in [0.1, 0.15) is 5.89 Å². The van der Waals surface area contributed by atoms with E-state index < -0.39 is 10.0 Å². The third kappa shape index (κ3) is 2.17. The Morgan fingerprint density at radius 2 is 2.21 bits per heavy atom. The minimum Gasteiger partial charge on any atom is -0.441 e. The molecule has 8 heteroatoms. The highest BCUT2D eigenvalue weighted by Crippen LogP contribution is 2.21. The van der Waals surface area contributed by atoms with E-state index in [0.717, 1.165) is 0 Å². The normalized spacial score (nSPS) is 11.8. The monoisotopic (exact) mass is 278 g/mol. The van der Waals surface area contributed by atoms with Crippen LogP contribution in [0.2, 0.25) is 0 Å².